The van der Waals surface area contributed by atoms with Gasteiger partial charge in [-0.3, -0.25) is 9.69 Å². The van der Waals surface area contributed by atoms with Gasteiger partial charge in [-0.1, -0.05) is 11.8 Å². The van der Waals surface area contributed by atoms with E-state index in [1.807, 2.05) is 42.3 Å². The van der Waals surface area contributed by atoms with Crippen molar-refractivity contribution in [3.8, 4) is 11.5 Å². The highest BCUT2D eigenvalue weighted by Crippen LogP contribution is 2.51. The summed E-state index contributed by atoms with van der Waals surface area (Å²) in [7, 11) is 3.60. The maximum atomic E-state index is 13.9. The summed E-state index contributed by atoms with van der Waals surface area (Å²) in [5.41, 5.74) is 3.55. The highest BCUT2D eigenvalue weighted by Gasteiger charge is 2.40. The van der Waals surface area contributed by atoms with Gasteiger partial charge in [-0.25, -0.2) is 4.99 Å². The van der Waals surface area contributed by atoms with E-state index >= 15 is 0 Å². The highest BCUT2D eigenvalue weighted by atomic mass is 32.2. The number of amides is 1. The lowest BCUT2D eigenvalue weighted by Gasteiger charge is -2.21. The number of phenolic OH excluding ortho intramolecular Hbond substituents is 1. The van der Waals surface area contributed by atoms with Crippen LogP contribution in [0.4, 0.5) is 22.7 Å². The summed E-state index contributed by atoms with van der Waals surface area (Å²) in [6, 6.07) is 20.6. The molecule has 0 atom stereocenters. The predicted octanol–water partition coefficient (Wildman–Crippen LogP) is 6.43. The summed E-state index contributed by atoms with van der Waals surface area (Å²) < 4.78 is 5.40. The molecule has 1 saturated heterocycles. The van der Waals surface area contributed by atoms with Gasteiger partial charge in [-0.05, 0) is 86.3 Å². The Hall–Kier alpha value is -3.56. The third-order valence-corrected chi connectivity index (χ3v) is 8.72. The number of nitrogens with zero attached hydrogens (tertiary/aromatic N) is 4. The van der Waals surface area contributed by atoms with Crippen molar-refractivity contribution in [3.63, 3.8) is 0 Å². The first-order valence-electron chi connectivity index (χ1n) is 12.0. The van der Waals surface area contributed by atoms with Gasteiger partial charge in [0.25, 0.3) is 5.91 Å². The van der Waals surface area contributed by atoms with Crippen LogP contribution >= 0.6 is 23.5 Å². The number of aromatic hydroxyl groups is 1. The fourth-order valence-electron chi connectivity index (χ4n) is 4.30. The minimum atomic E-state index is -0.150. The summed E-state index contributed by atoms with van der Waals surface area (Å²) >= 11 is 2.92. The van der Waals surface area contributed by atoms with Crippen LogP contribution in [-0.2, 0) is 4.79 Å². The maximum absolute atomic E-state index is 13.9. The van der Waals surface area contributed by atoms with Crippen LogP contribution in [0.15, 0.2) is 86.6 Å². The van der Waals surface area contributed by atoms with Crippen molar-refractivity contribution in [2.45, 2.75) is 18.7 Å². The van der Waals surface area contributed by atoms with Gasteiger partial charge in [0.05, 0.1) is 29.2 Å². The van der Waals surface area contributed by atoms with E-state index in [1.165, 1.54) is 11.8 Å². The quantitative estimate of drug-likeness (QED) is 0.367. The average Bonchev–Trinajstić information content (AvgIpc) is 3.41. The van der Waals surface area contributed by atoms with E-state index in [0.29, 0.717) is 15.8 Å². The summed E-state index contributed by atoms with van der Waals surface area (Å²) in [6.45, 7) is 6.13. The number of benzene rings is 3. The van der Waals surface area contributed by atoms with Gasteiger partial charge in [-0.2, -0.15) is 0 Å². The van der Waals surface area contributed by atoms with E-state index in [2.05, 4.69) is 30.9 Å². The number of ether oxygens (including phenoxy) is 1. The Kier molecular flexibility index (Phi) is 7.08. The molecule has 0 aromatic heterocycles. The molecule has 3 aromatic carbocycles. The van der Waals surface area contributed by atoms with E-state index in [-0.39, 0.29) is 11.7 Å². The van der Waals surface area contributed by atoms with Gasteiger partial charge in [0, 0.05) is 36.8 Å². The van der Waals surface area contributed by atoms with Crippen LogP contribution in [0.2, 0.25) is 0 Å². The number of thioether (sulfide) groups is 2. The number of hydrogen-bond donors (Lipinski definition) is 1. The van der Waals surface area contributed by atoms with E-state index < -0.39 is 0 Å². The molecular weight excluding hydrogens is 504 g/mol. The Bertz CT molecular complexity index is 1380. The third kappa shape index (κ3) is 4.76. The lowest BCUT2D eigenvalue weighted by molar-refractivity contribution is -0.113. The zero-order valence-electron chi connectivity index (χ0n) is 21.1. The van der Waals surface area contributed by atoms with Crippen LogP contribution in [0.25, 0.3) is 0 Å². The van der Waals surface area contributed by atoms with Crippen molar-refractivity contribution in [3.05, 3.63) is 76.7 Å². The Morgan fingerprint density at radius 1 is 0.973 bits per heavy atom. The average molecular weight is 533 g/mol. The molecule has 3 aromatic rings. The van der Waals surface area contributed by atoms with Crippen LogP contribution in [-0.4, -0.2) is 43.4 Å². The molecule has 7 nitrogen and oxygen atoms in total. The number of carbonyl (C=O) groups excluding carboxylic acids is 1. The van der Waals surface area contributed by atoms with Crippen molar-refractivity contribution in [1.29, 1.82) is 0 Å². The first kappa shape index (κ1) is 25.1. The zero-order chi connectivity index (χ0) is 26.1. The molecule has 0 unspecified atom stereocenters. The second kappa shape index (κ2) is 10.4. The summed E-state index contributed by atoms with van der Waals surface area (Å²) in [6.07, 6.45) is 0. The van der Waals surface area contributed by atoms with Crippen molar-refractivity contribution in [2.24, 2.45) is 4.99 Å². The van der Waals surface area contributed by atoms with Crippen molar-refractivity contribution in [1.82, 2.24) is 0 Å². The fraction of sp³-hybridized carbons (Fsp3) is 0.214. The minimum absolute atomic E-state index is 0.141. The lowest BCUT2D eigenvalue weighted by atomic mass is 10.2. The molecule has 0 spiro atoms. The molecule has 190 valence electrons. The number of fused-ring (bicyclic) bond motifs is 1. The second-order valence-corrected chi connectivity index (χ2v) is 10.5. The smallest absolute Gasteiger partial charge is 0.274 e. The van der Waals surface area contributed by atoms with Crippen LogP contribution in [0.5, 0.6) is 11.5 Å². The van der Waals surface area contributed by atoms with Crippen molar-refractivity contribution < 1.29 is 14.6 Å². The summed E-state index contributed by atoms with van der Waals surface area (Å²) in [4.78, 5) is 26.3. The van der Waals surface area contributed by atoms with E-state index in [0.717, 1.165) is 45.8 Å². The topological polar surface area (TPSA) is 68.6 Å². The molecule has 0 aliphatic carbocycles. The molecule has 2 heterocycles. The van der Waals surface area contributed by atoms with E-state index in [9.17, 15) is 9.90 Å². The Labute approximate surface area is 225 Å². The number of carbonyl (C=O) groups is 1. The largest absolute Gasteiger partial charge is 0.508 e. The van der Waals surface area contributed by atoms with Gasteiger partial charge in [-0.15, -0.1) is 0 Å². The number of methoxy groups -OCH3 is 1. The summed E-state index contributed by atoms with van der Waals surface area (Å²) in [5.74, 6) is 0.759. The zero-order valence-corrected chi connectivity index (χ0v) is 22.8. The van der Waals surface area contributed by atoms with Gasteiger partial charge < -0.3 is 19.6 Å². The normalized spacial score (nSPS) is 18.1. The molecule has 9 heteroatoms. The minimum Gasteiger partial charge on any atom is -0.508 e. The molecule has 0 radical (unpaired) electrons. The monoisotopic (exact) mass is 532 g/mol. The number of amidine groups is 1. The molecule has 2 aliphatic heterocycles. The molecule has 1 fully saturated rings. The first-order chi connectivity index (χ1) is 17.9. The number of anilines is 3. The maximum Gasteiger partial charge on any atom is 0.274 e. The number of rotatable bonds is 6. The van der Waals surface area contributed by atoms with E-state index in [4.69, 9.17) is 9.73 Å². The molecule has 37 heavy (non-hydrogen) atoms. The van der Waals surface area contributed by atoms with Crippen molar-refractivity contribution >= 4 is 57.3 Å². The molecule has 5 rings (SSSR count). The van der Waals surface area contributed by atoms with Gasteiger partial charge >= 0.3 is 0 Å². The number of hydrogen-bond acceptors (Lipinski definition) is 8. The predicted molar refractivity (Wildman–Crippen MR) is 155 cm³/mol. The molecular formula is C28H28N4O3S2. The third-order valence-electron chi connectivity index (χ3n) is 6.33. The SMILES string of the molecule is CCN(CC)c1ccc(N=C2SC(=C3Sc4ccc(OC)cc4N3C)C(=O)N2c2ccc(O)cc2)cc1. The first-order valence-corrected chi connectivity index (χ1v) is 13.7. The summed E-state index contributed by atoms with van der Waals surface area (Å²) in [5, 5.41) is 11.2. The number of phenols is 1. The molecule has 0 saturated carbocycles. The Morgan fingerprint density at radius 2 is 1.68 bits per heavy atom. The van der Waals surface area contributed by atoms with Crippen molar-refractivity contribution in [2.75, 3.05) is 41.9 Å². The van der Waals surface area contributed by atoms with Crippen LogP contribution in [0, 0.1) is 0 Å². The molecule has 0 bridgehead atoms. The van der Waals surface area contributed by atoms with Gasteiger partial charge in [0.15, 0.2) is 5.17 Å². The molecule has 1 N–H and O–H groups in total. The standard InChI is InChI=1S/C28H28N4O3S2/c1-5-31(6-2)19-9-7-18(8-10-19)29-28-32(20-11-13-21(33)14-12-20)26(34)25(37-28)27-30(3)23-17-22(35-4)15-16-24(23)36-27/h7-17,33H,5-6H2,1-4H3. The van der Waals surface area contributed by atoms with E-state index in [1.54, 1.807) is 48.0 Å². The lowest BCUT2D eigenvalue weighted by Crippen LogP contribution is -2.29. The second-order valence-electron chi connectivity index (χ2n) is 8.47. The molecule has 1 amide bonds. The van der Waals surface area contributed by atoms with Gasteiger partial charge in [0.2, 0.25) is 0 Å². The fourth-order valence-corrected chi connectivity index (χ4v) is 6.62. The Balaban J connectivity index is 1.55. The molecule has 2 aliphatic rings. The van der Waals surface area contributed by atoms with Crippen LogP contribution in [0.1, 0.15) is 13.8 Å². The van der Waals surface area contributed by atoms with Gasteiger partial charge in [0.1, 0.15) is 16.4 Å². The number of aliphatic imine (C=N–C) groups is 1. The Morgan fingerprint density at radius 3 is 2.32 bits per heavy atom. The van der Waals surface area contributed by atoms with Crippen LogP contribution in [0.3, 0.4) is 0 Å². The van der Waals surface area contributed by atoms with Crippen LogP contribution < -0.4 is 19.4 Å². The highest BCUT2D eigenvalue weighted by molar-refractivity contribution is 8.20.